The minimum atomic E-state index is -0.608. The van der Waals surface area contributed by atoms with Crippen molar-refractivity contribution in [2.75, 3.05) is 18.5 Å². The van der Waals surface area contributed by atoms with Gasteiger partial charge in [0, 0.05) is 16.8 Å². The Morgan fingerprint density at radius 2 is 1.48 bits per heavy atom. The molecule has 0 spiro atoms. The normalized spacial score (nSPS) is 10.4. The number of benzene rings is 2. The Hall–Kier alpha value is -4.01. The van der Waals surface area contributed by atoms with Crippen LogP contribution in [0.15, 0.2) is 47.0 Å². The molecule has 9 heteroatoms. The van der Waals surface area contributed by atoms with Crippen LogP contribution in [-0.4, -0.2) is 41.2 Å². The lowest BCUT2D eigenvalue weighted by molar-refractivity contribution is 0.0525. The molecule has 0 aliphatic heterocycles. The smallest absolute Gasteiger partial charge is 0.338 e. The zero-order valence-electron chi connectivity index (χ0n) is 17.3. The molecular weight excluding hydrogens is 402 g/mol. The molecule has 1 heterocycles. The van der Waals surface area contributed by atoms with E-state index < -0.39 is 17.8 Å². The summed E-state index contributed by atoms with van der Waals surface area (Å²) in [6.07, 6.45) is 0. The van der Waals surface area contributed by atoms with Gasteiger partial charge in [0.25, 0.3) is 11.8 Å². The van der Waals surface area contributed by atoms with Crippen LogP contribution in [0.4, 0.5) is 5.69 Å². The van der Waals surface area contributed by atoms with Gasteiger partial charge in [-0.15, -0.1) is 0 Å². The van der Waals surface area contributed by atoms with Crippen molar-refractivity contribution in [2.45, 2.75) is 20.8 Å². The van der Waals surface area contributed by atoms with Gasteiger partial charge in [-0.05, 0) is 63.2 Å². The van der Waals surface area contributed by atoms with Gasteiger partial charge in [-0.2, -0.15) is 4.98 Å². The van der Waals surface area contributed by atoms with Crippen LogP contribution in [0.2, 0.25) is 0 Å². The van der Waals surface area contributed by atoms with Crippen LogP contribution in [0.5, 0.6) is 0 Å². The monoisotopic (exact) mass is 423 g/mol. The zero-order chi connectivity index (χ0) is 22.4. The minimum Gasteiger partial charge on any atom is -0.462 e. The first-order valence-electron chi connectivity index (χ1n) is 9.62. The Kier molecular flexibility index (Phi) is 6.76. The SMILES string of the molecule is CCOC(=O)c1cc(NC(=O)c2ccc(-c3nc(C)no3)cc2)cc(C(=O)OCC)c1. The molecule has 0 bridgehead atoms. The molecular formula is C22H21N3O6. The molecule has 0 radical (unpaired) electrons. The Labute approximate surface area is 178 Å². The van der Waals surface area contributed by atoms with Gasteiger partial charge in [-0.1, -0.05) is 5.16 Å². The van der Waals surface area contributed by atoms with Crippen molar-refractivity contribution in [3.8, 4) is 11.5 Å². The number of amides is 1. The van der Waals surface area contributed by atoms with E-state index in [0.29, 0.717) is 22.8 Å². The summed E-state index contributed by atoms with van der Waals surface area (Å²) in [5.41, 5.74) is 1.55. The van der Waals surface area contributed by atoms with E-state index in [1.54, 1.807) is 45.0 Å². The maximum Gasteiger partial charge on any atom is 0.338 e. The average molecular weight is 423 g/mol. The highest BCUT2D eigenvalue weighted by molar-refractivity contribution is 6.06. The molecule has 0 aliphatic carbocycles. The quantitative estimate of drug-likeness (QED) is 0.572. The summed E-state index contributed by atoms with van der Waals surface area (Å²) in [4.78, 5) is 41.1. The van der Waals surface area contributed by atoms with Gasteiger partial charge in [0.05, 0.1) is 24.3 Å². The molecule has 3 rings (SSSR count). The van der Waals surface area contributed by atoms with E-state index >= 15 is 0 Å². The fourth-order valence-corrected chi connectivity index (χ4v) is 2.75. The van der Waals surface area contributed by atoms with E-state index in [1.807, 2.05) is 0 Å². The molecule has 31 heavy (non-hydrogen) atoms. The van der Waals surface area contributed by atoms with E-state index in [-0.39, 0.29) is 30.0 Å². The fraction of sp³-hybridized carbons (Fsp3) is 0.227. The number of carbonyl (C=O) groups excluding carboxylic acids is 3. The first kappa shape index (κ1) is 21.7. The van der Waals surface area contributed by atoms with E-state index in [1.165, 1.54) is 18.2 Å². The summed E-state index contributed by atoms with van der Waals surface area (Å²) in [5.74, 6) is -0.780. The van der Waals surface area contributed by atoms with Gasteiger partial charge in [0.15, 0.2) is 5.82 Å². The van der Waals surface area contributed by atoms with Gasteiger partial charge in [-0.3, -0.25) is 4.79 Å². The number of ether oxygens (including phenoxy) is 2. The third kappa shape index (κ3) is 5.33. The number of hydrogen-bond donors (Lipinski definition) is 1. The largest absolute Gasteiger partial charge is 0.462 e. The summed E-state index contributed by atoms with van der Waals surface area (Å²) in [6, 6.07) is 10.8. The van der Waals surface area contributed by atoms with Crippen LogP contribution in [0.1, 0.15) is 50.7 Å². The third-order valence-corrected chi connectivity index (χ3v) is 4.13. The molecule has 0 saturated heterocycles. The topological polar surface area (TPSA) is 121 Å². The standard InChI is InChI=1S/C22H21N3O6/c1-4-29-21(27)16-10-17(22(28)30-5-2)12-18(11-16)24-19(26)14-6-8-15(9-7-14)20-23-13(3)25-31-20/h6-12H,4-5H2,1-3H3,(H,24,26). The predicted molar refractivity (Wildman–Crippen MR) is 111 cm³/mol. The van der Waals surface area contributed by atoms with Crippen LogP contribution in [0.3, 0.4) is 0 Å². The third-order valence-electron chi connectivity index (χ3n) is 4.13. The van der Waals surface area contributed by atoms with E-state index in [2.05, 4.69) is 15.5 Å². The lowest BCUT2D eigenvalue weighted by atomic mass is 10.1. The molecule has 1 aromatic heterocycles. The predicted octanol–water partition coefficient (Wildman–Crippen LogP) is 3.65. The van der Waals surface area contributed by atoms with Gasteiger partial charge in [0.1, 0.15) is 0 Å². The second-order valence-corrected chi connectivity index (χ2v) is 6.42. The second kappa shape index (κ2) is 9.66. The summed E-state index contributed by atoms with van der Waals surface area (Å²) in [7, 11) is 0. The number of anilines is 1. The lowest BCUT2D eigenvalue weighted by Crippen LogP contribution is -2.15. The molecule has 1 N–H and O–H groups in total. The molecule has 3 aromatic rings. The van der Waals surface area contributed by atoms with Crippen LogP contribution in [0, 0.1) is 6.92 Å². The first-order valence-corrected chi connectivity index (χ1v) is 9.62. The highest BCUT2D eigenvalue weighted by Crippen LogP contribution is 2.20. The van der Waals surface area contributed by atoms with Gasteiger partial charge >= 0.3 is 11.9 Å². The number of nitrogens with zero attached hydrogens (tertiary/aromatic N) is 2. The first-order chi connectivity index (χ1) is 14.9. The highest BCUT2D eigenvalue weighted by Gasteiger charge is 2.16. The van der Waals surface area contributed by atoms with Gasteiger partial charge < -0.3 is 19.3 Å². The fourth-order valence-electron chi connectivity index (χ4n) is 2.75. The molecule has 0 unspecified atom stereocenters. The molecule has 160 valence electrons. The number of hydrogen-bond acceptors (Lipinski definition) is 8. The molecule has 1 amide bonds. The van der Waals surface area contributed by atoms with Gasteiger partial charge in [-0.25, -0.2) is 9.59 Å². The Morgan fingerprint density at radius 1 is 0.903 bits per heavy atom. The van der Waals surface area contributed by atoms with E-state index in [9.17, 15) is 14.4 Å². The number of rotatable bonds is 7. The molecule has 0 fully saturated rings. The minimum absolute atomic E-state index is 0.129. The Bertz CT molecular complexity index is 1070. The lowest BCUT2D eigenvalue weighted by Gasteiger charge is -2.11. The number of aromatic nitrogens is 2. The zero-order valence-corrected chi connectivity index (χ0v) is 17.3. The summed E-state index contributed by atoms with van der Waals surface area (Å²) >= 11 is 0. The number of esters is 2. The second-order valence-electron chi connectivity index (χ2n) is 6.42. The van der Waals surface area contributed by atoms with Crippen LogP contribution in [0.25, 0.3) is 11.5 Å². The maximum absolute atomic E-state index is 12.7. The molecule has 0 saturated carbocycles. The van der Waals surface area contributed by atoms with Crippen LogP contribution >= 0.6 is 0 Å². The van der Waals surface area contributed by atoms with Gasteiger partial charge in [0.2, 0.25) is 0 Å². The summed E-state index contributed by atoms with van der Waals surface area (Å²) in [5, 5.41) is 6.43. The Balaban J connectivity index is 1.83. The van der Waals surface area contributed by atoms with E-state index in [0.717, 1.165) is 0 Å². The van der Waals surface area contributed by atoms with Crippen molar-refractivity contribution in [3.63, 3.8) is 0 Å². The Morgan fingerprint density at radius 3 is 1.97 bits per heavy atom. The summed E-state index contributed by atoms with van der Waals surface area (Å²) < 4.78 is 15.1. The van der Waals surface area contributed by atoms with E-state index in [4.69, 9.17) is 14.0 Å². The molecule has 0 aliphatic rings. The number of aryl methyl sites for hydroxylation is 1. The van der Waals surface area contributed by atoms with Crippen LogP contribution in [-0.2, 0) is 9.47 Å². The molecule has 9 nitrogen and oxygen atoms in total. The average Bonchev–Trinajstić information content (AvgIpc) is 3.20. The van der Waals surface area contributed by atoms with Crippen molar-refractivity contribution >= 4 is 23.5 Å². The van der Waals surface area contributed by atoms with Crippen molar-refractivity contribution in [1.29, 1.82) is 0 Å². The van der Waals surface area contributed by atoms with Crippen LogP contribution < -0.4 is 5.32 Å². The maximum atomic E-state index is 12.7. The molecule has 0 atom stereocenters. The number of carbonyl (C=O) groups is 3. The number of nitrogens with one attached hydrogen (secondary N) is 1. The van der Waals surface area contributed by atoms with Crippen molar-refractivity contribution < 1.29 is 28.4 Å². The van der Waals surface area contributed by atoms with Crippen molar-refractivity contribution in [3.05, 3.63) is 65.0 Å². The highest BCUT2D eigenvalue weighted by atomic mass is 16.5. The summed E-state index contributed by atoms with van der Waals surface area (Å²) in [6.45, 7) is 5.42. The van der Waals surface area contributed by atoms with Crippen molar-refractivity contribution in [1.82, 2.24) is 10.1 Å². The molecule has 2 aromatic carbocycles. The van der Waals surface area contributed by atoms with Crippen molar-refractivity contribution in [2.24, 2.45) is 0 Å².